The number of rotatable bonds is 3. The van der Waals surface area contributed by atoms with Crippen LogP contribution in [0.5, 0.6) is 5.75 Å². The van der Waals surface area contributed by atoms with E-state index in [1.54, 1.807) is 7.11 Å². The second kappa shape index (κ2) is 4.62. The molecule has 1 aromatic carbocycles. The molecule has 1 saturated carbocycles. The first-order chi connectivity index (χ1) is 8.54. The zero-order chi connectivity index (χ0) is 13.3. The molecule has 3 nitrogen and oxygen atoms in total. The third-order valence-corrected chi connectivity index (χ3v) is 4.24. The third-order valence-electron chi connectivity index (χ3n) is 4.24. The van der Waals surface area contributed by atoms with Crippen LogP contribution in [0.25, 0.3) is 0 Å². The molecule has 0 bridgehead atoms. The van der Waals surface area contributed by atoms with Crippen molar-refractivity contribution in [1.82, 2.24) is 0 Å². The van der Waals surface area contributed by atoms with E-state index in [1.807, 2.05) is 6.07 Å². The van der Waals surface area contributed by atoms with E-state index < -0.39 is 5.41 Å². The Morgan fingerprint density at radius 2 is 1.94 bits per heavy atom. The van der Waals surface area contributed by atoms with Crippen molar-refractivity contribution >= 4 is 0 Å². The lowest BCUT2D eigenvalue weighted by Gasteiger charge is -2.40. The van der Waals surface area contributed by atoms with E-state index in [1.165, 1.54) is 11.1 Å². The summed E-state index contributed by atoms with van der Waals surface area (Å²) in [7, 11) is 1.65. The average Bonchev–Trinajstić information content (AvgIpc) is 2.31. The van der Waals surface area contributed by atoms with E-state index in [9.17, 15) is 5.26 Å². The van der Waals surface area contributed by atoms with Crippen LogP contribution in [0.1, 0.15) is 42.0 Å². The van der Waals surface area contributed by atoms with Crippen molar-refractivity contribution in [1.29, 1.82) is 5.26 Å². The smallest absolute Gasteiger partial charge is 0.123 e. The van der Waals surface area contributed by atoms with Crippen molar-refractivity contribution < 1.29 is 4.74 Å². The number of hydrogen-bond donors (Lipinski definition) is 1. The molecule has 96 valence electrons. The molecule has 0 radical (unpaired) electrons. The van der Waals surface area contributed by atoms with Gasteiger partial charge in [0.2, 0.25) is 0 Å². The second-order valence-electron chi connectivity index (χ2n) is 5.28. The van der Waals surface area contributed by atoms with E-state index in [0.717, 1.165) is 30.6 Å². The molecular weight excluding hydrogens is 224 g/mol. The number of ether oxygens (including phenoxy) is 1. The van der Waals surface area contributed by atoms with Gasteiger partial charge >= 0.3 is 0 Å². The Balaban J connectivity index is 2.44. The minimum absolute atomic E-state index is 0.259. The molecular formula is C15H20N2O. The Morgan fingerprint density at radius 1 is 1.33 bits per heavy atom. The van der Waals surface area contributed by atoms with Crippen molar-refractivity contribution in [2.45, 2.75) is 39.2 Å². The molecule has 0 spiro atoms. The normalized spacial score (nSPS) is 18.6. The Morgan fingerprint density at radius 3 is 2.39 bits per heavy atom. The molecule has 1 unspecified atom stereocenters. The first-order valence-electron chi connectivity index (χ1n) is 6.36. The third kappa shape index (κ3) is 1.87. The van der Waals surface area contributed by atoms with Gasteiger partial charge in [0.1, 0.15) is 5.75 Å². The monoisotopic (exact) mass is 244 g/mol. The summed E-state index contributed by atoms with van der Waals surface area (Å²) in [5.74, 6) is 0.798. The standard InChI is InChI=1S/C15H20N2O/c1-10-7-12(13(18-3)8-11(10)2)14(17)15(9-16)5-4-6-15/h7-8,14H,4-6,17H2,1-3H3. The van der Waals surface area contributed by atoms with Crippen LogP contribution < -0.4 is 10.5 Å². The number of methoxy groups -OCH3 is 1. The maximum absolute atomic E-state index is 9.38. The fourth-order valence-electron chi connectivity index (χ4n) is 2.58. The van der Waals surface area contributed by atoms with Gasteiger partial charge in [-0.3, -0.25) is 0 Å². The van der Waals surface area contributed by atoms with Crippen LogP contribution in [0.4, 0.5) is 0 Å². The quantitative estimate of drug-likeness (QED) is 0.889. The molecule has 1 aliphatic carbocycles. The van der Waals surface area contributed by atoms with Crippen LogP contribution in [-0.4, -0.2) is 7.11 Å². The first-order valence-corrected chi connectivity index (χ1v) is 6.36. The zero-order valence-electron chi connectivity index (χ0n) is 11.3. The van der Waals surface area contributed by atoms with E-state index >= 15 is 0 Å². The van der Waals surface area contributed by atoms with Crippen LogP contribution in [0.3, 0.4) is 0 Å². The van der Waals surface area contributed by atoms with Crippen LogP contribution in [-0.2, 0) is 0 Å². The maximum atomic E-state index is 9.38. The summed E-state index contributed by atoms with van der Waals surface area (Å²) >= 11 is 0. The van der Waals surface area contributed by atoms with Gasteiger partial charge in [0, 0.05) is 5.56 Å². The van der Waals surface area contributed by atoms with E-state index in [4.69, 9.17) is 10.5 Å². The molecule has 1 aliphatic rings. The van der Waals surface area contributed by atoms with Gasteiger partial charge < -0.3 is 10.5 Å². The molecule has 0 heterocycles. The highest BCUT2D eigenvalue weighted by atomic mass is 16.5. The Labute approximate surface area is 109 Å². The topological polar surface area (TPSA) is 59.0 Å². The van der Waals surface area contributed by atoms with Gasteiger partial charge in [-0.2, -0.15) is 5.26 Å². The summed E-state index contributed by atoms with van der Waals surface area (Å²) in [6.45, 7) is 4.11. The van der Waals surface area contributed by atoms with Crippen LogP contribution in [0, 0.1) is 30.6 Å². The molecule has 0 amide bonds. The van der Waals surface area contributed by atoms with Crippen molar-refractivity contribution in [2.24, 2.45) is 11.1 Å². The fraction of sp³-hybridized carbons (Fsp3) is 0.533. The number of aryl methyl sites for hydroxylation is 2. The van der Waals surface area contributed by atoms with Crippen molar-refractivity contribution in [3.8, 4) is 11.8 Å². The van der Waals surface area contributed by atoms with Crippen molar-refractivity contribution in [2.75, 3.05) is 7.11 Å². The molecule has 1 aromatic rings. The van der Waals surface area contributed by atoms with Gasteiger partial charge in [-0.05, 0) is 43.9 Å². The van der Waals surface area contributed by atoms with Gasteiger partial charge in [0.15, 0.2) is 0 Å². The minimum atomic E-state index is -0.394. The predicted octanol–water partition coefficient (Wildman–Crippen LogP) is 3.01. The van der Waals surface area contributed by atoms with Crippen LogP contribution >= 0.6 is 0 Å². The highest BCUT2D eigenvalue weighted by Crippen LogP contribution is 2.50. The summed E-state index contributed by atoms with van der Waals surface area (Å²) in [6.07, 6.45) is 2.87. The maximum Gasteiger partial charge on any atom is 0.123 e. The Kier molecular flexibility index (Phi) is 3.32. The first kappa shape index (κ1) is 12.9. The molecule has 0 saturated heterocycles. The molecule has 2 rings (SSSR count). The minimum Gasteiger partial charge on any atom is -0.496 e. The van der Waals surface area contributed by atoms with E-state index in [2.05, 4.69) is 26.0 Å². The van der Waals surface area contributed by atoms with E-state index in [-0.39, 0.29) is 6.04 Å². The highest BCUT2D eigenvalue weighted by Gasteiger charge is 2.44. The lowest BCUT2D eigenvalue weighted by atomic mass is 9.63. The van der Waals surface area contributed by atoms with Crippen molar-refractivity contribution in [3.63, 3.8) is 0 Å². The number of nitriles is 1. The van der Waals surface area contributed by atoms with Gasteiger partial charge in [-0.15, -0.1) is 0 Å². The van der Waals surface area contributed by atoms with Gasteiger partial charge in [0.05, 0.1) is 24.6 Å². The SMILES string of the molecule is COc1cc(C)c(C)cc1C(N)C1(C#N)CCC1. The zero-order valence-corrected chi connectivity index (χ0v) is 11.3. The fourth-order valence-corrected chi connectivity index (χ4v) is 2.58. The number of nitrogens with zero attached hydrogens (tertiary/aromatic N) is 1. The lowest BCUT2D eigenvalue weighted by molar-refractivity contribution is 0.166. The van der Waals surface area contributed by atoms with E-state index in [0.29, 0.717) is 0 Å². The summed E-state index contributed by atoms with van der Waals surface area (Å²) in [5.41, 5.74) is 9.28. The molecule has 0 aliphatic heterocycles. The number of benzene rings is 1. The molecule has 3 heteroatoms. The van der Waals surface area contributed by atoms with Crippen LogP contribution in [0.2, 0.25) is 0 Å². The number of hydrogen-bond acceptors (Lipinski definition) is 3. The summed E-state index contributed by atoms with van der Waals surface area (Å²) in [6, 6.07) is 6.23. The van der Waals surface area contributed by atoms with Crippen molar-refractivity contribution in [3.05, 3.63) is 28.8 Å². The molecule has 1 fully saturated rings. The summed E-state index contributed by atoms with van der Waals surface area (Å²) in [5, 5.41) is 9.38. The summed E-state index contributed by atoms with van der Waals surface area (Å²) in [4.78, 5) is 0. The molecule has 2 N–H and O–H groups in total. The molecule has 1 atom stereocenters. The number of nitrogens with two attached hydrogens (primary N) is 1. The molecule has 0 aromatic heterocycles. The van der Waals surface area contributed by atoms with Gasteiger partial charge in [-0.25, -0.2) is 0 Å². The van der Waals surface area contributed by atoms with Crippen LogP contribution in [0.15, 0.2) is 12.1 Å². The van der Waals surface area contributed by atoms with Gasteiger partial charge in [-0.1, -0.05) is 12.5 Å². The Hall–Kier alpha value is -1.53. The second-order valence-corrected chi connectivity index (χ2v) is 5.28. The molecule has 18 heavy (non-hydrogen) atoms. The predicted molar refractivity (Wildman–Crippen MR) is 71.3 cm³/mol. The Bertz CT molecular complexity index is 498. The largest absolute Gasteiger partial charge is 0.496 e. The summed E-state index contributed by atoms with van der Waals surface area (Å²) < 4.78 is 5.42. The lowest BCUT2D eigenvalue weighted by Crippen LogP contribution is -2.39. The highest BCUT2D eigenvalue weighted by molar-refractivity contribution is 5.45. The van der Waals surface area contributed by atoms with Gasteiger partial charge in [0.25, 0.3) is 0 Å². The average molecular weight is 244 g/mol.